The number of guanidine groups is 1. The molecule has 6 N–H and O–H groups in total. The summed E-state index contributed by atoms with van der Waals surface area (Å²) in [6, 6.07) is 4.14. The number of anilines is 1. The van der Waals surface area contributed by atoms with Gasteiger partial charge < -0.3 is 11.1 Å². The average Bonchev–Trinajstić information content (AvgIpc) is 2.90. The predicted octanol–water partition coefficient (Wildman–Crippen LogP) is 2.17. The molecule has 5 heteroatoms. The summed E-state index contributed by atoms with van der Waals surface area (Å²) in [5.74, 6) is 1.09. The SMILES string of the molecule is CC.CCCC1Cc2cc(NC(N)=NC)c([NH2+]O)cc2C1. The highest BCUT2D eigenvalue weighted by atomic mass is 16.5. The molecule has 0 fully saturated rings. The average molecular weight is 293 g/mol. The fourth-order valence-electron chi connectivity index (χ4n) is 2.80. The van der Waals surface area contributed by atoms with E-state index >= 15 is 0 Å². The fourth-order valence-corrected chi connectivity index (χ4v) is 2.80. The van der Waals surface area contributed by atoms with E-state index in [1.165, 1.54) is 24.0 Å². The van der Waals surface area contributed by atoms with Gasteiger partial charge in [0.2, 0.25) is 0 Å². The highest BCUT2D eigenvalue weighted by molar-refractivity contribution is 5.94. The molecule has 0 heterocycles. The van der Waals surface area contributed by atoms with Gasteiger partial charge in [0.05, 0.1) is 0 Å². The highest BCUT2D eigenvalue weighted by Gasteiger charge is 2.23. The summed E-state index contributed by atoms with van der Waals surface area (Å²) < 4.78 is 0. The Morgan fingerprint density at radius 1 is 1.38 bits per heavy atom. The van der Waals surface area contributed by atoms with Crippen LogP contribution >= 0.6 is 0 Å². The van der Waals surface area contributed by atoms with Gasteiger partial charge in [-0.1, -0.05) is 33.6 Å². The van der Waals surface area contributed by atoms with Gasteiger partial charge in [-0.15, -0.1) is 0 Å². The van der Waals surface area contributed by atoms with Crippen LogP contribution in [0.3, 0.4) is 0 Å². The summed E-state index contributed by atoms with van der Waals surface area (Å²) in [6.45, 7) is 6.22. The lowest BCUT2D eigenvalue weighted by Crippen LogP contribution is -2.74. The lowest BCUT2D eigenvalue weighted by molar-refractivity contribution is -0.825. The van der Waals surface area contributed by atoms with Crippen molar-refractivity contribution in [3.8, 4) is 0 Å². The monoisotopic (exact) mass is 293 g/mol. The third-order valence-corrected chi connectivity index (χ3v) is 3.73. The van der Waals surface area contributed by atoms with E-state index in [1.54, 1.807) is 7.05 Å². The smallest absolute Gasteiger partial charge is 0.193 e. The zero-order chi connectivity index (χ0) is 15.8. The molecular formula is C16H29N4O+. The maximum absolute atomic E-state index is 9.36. The van der Waals surface area contributed by atoms with E-state index in [9.17, 15) is 5.21 Å². The summed E-state index contributed by atoms with van der Waals surface area (Å²) in [4.78, 5) is 3.88. The molecule has 0 amide bonds. The van der Waals surface area contributed by atoms with Gasteiger partial charge in [0.15, 0.2) is 11.6 Å². The van der Waals surface area contributed by atoms with Crippen LogP contribution in [0.15, 0.2) is 17.1 Å². The van der Waals surface area contributed by atoms with E-state index < -0.39 is 0 Å². The molecule has 0 saturated carbocycles. The minimum absolute atomic E-state index is 0.353. The summed E-state index contributed by atoms with van der Waals surface area (Å²) >= 11 is 0. The molecule has 1 unspecified atom stereocenters. The zero-order valence-corrected chi connectivity index (χ0v) is 13.6. The van der Waals surface area contributed by atoms with Gasteiger partial charge in [0.1, 0.15) is 5.69 Å². The minimum atomic E-state index is 0.353. The number of rotatable bonds is 4. The minimum Gasteiger partial charge on any atom is -0.370 e. The molecule has 0 spiro atoms. The molecule has 1 aromatic carbocycles. The number of nitrogens with zero attached hydrogens (tertiary/aromatic N) is 1. The van der Waals surface area contributed by atoms with Crippen LogP contribution in [0.1, 0.15) is 44.7 Å². The maximum Gasteiger partial charge on any atom is 0.193 e. The molecule has 0 aromatic heterocycles. The van der Waals surface area contributed by atoms with Crippen molar-refractivity contribution < 1.29 is 10.7 Å². The predicted molar refractivity (Wildman–Crippen MR) is 88.1 cm³/mol. The van der Waals surface area contributed by atoms with Gasteiger partial charge in [0, 0.05) is 13.1 Å². The number of aliphatic imine (C=N–C) groups is 1. The number of fused-ring (bicyclic) bond motifs is 1. The molecule has 118 valence electrons. The van der Waals surface area contributed by atoms with Gasteiger partial charge in [-0.2, -0.15) is 5.48 Å². The molecular weight excluding hydrogens is 264 g/mol. The van der Waals surface area contributed by atoms with Crippen LogP contribution in [-0.4, -0.2) is 18.2 Å². The number of quaternary nitrogens is 1. The Hall–Kier alpha value is -1.59. The van der Waals surface area contributed by atoms with Crippen LogP contribution in [-0.2, 0) is 12.8 Å². The molecule has 1 atom stereocenters. The van der Waals surface area contributed by atoms with Gasteiger partial charge in [0.25, 0.3) is 0 Å². The third-order valence-electron chi connectivity index (χ3n) is 3.73. The van der Waals surface area contributed by atoms with Crippen LogP contribution in [0.2, 0.25) is 0 Å². The lowest BCUT2D eigenvalue weighted by Gasteiger charge is -2.09. The zero-order valence-electron chi connectivity index (χ0n) is 13.6. The molecule has 5 nitrogen and oxygen atoms in total. The first-order chi connectivity index (χ1) is 10.2. The molecule has 0 bridgehead atoms. The Labute approximate surface area is 127 Å². The number of nitrogens with one attached hydrogen (secondary N) is 1. The first kappa shape index (κ1) is 17.5. The van der Waals surface area contributed by atoms with Crippen LogP contribution in [0.5, 0.6) is 0 Å². The van der Waals surface area contributed by atoms with E-state index in [-0.39, 0.29) is 0 Å². The van der Waals surface area contributed by atoms with E-state index in [4.69, 9.17) is 5.73 Å². The fraction of sp³-hybridized carbons (Fsp3) is 0.562. The summed E-state index contributed by atoms with van der Waals surface area (Å²) in [5.41, 5.74) is 11.1. The number of hydrogen-bond donors (Lipinski definition) is 4. The number of benzene rings is 1. The maximum atomic E-state index is 9.36. The van der Waals surface area contributed by atoms with Crippen molar-refractivity contribution in [2.75, 3.05) is 12.4 Å². The first-order valence-corrected chi connectivity index (χ1v) is 7.80. The second kappa shape index (κ2) is 8.64. The summed E-state index contributed by atoms with van der Waals surface area (Å²) in [6.07, 6.45) is 4.71. The molecule has 0 radical (unpaired) electrons. The molecule has 0 saturated heterocycles. The number of hydrogen-bond acceptors (Lipinski definition) is 2. The quantitative estimate of drug-likeness (QED) is 0.297. The van der Waals surface area contributed by atoms with Crippen molar-refractivity contribution >= 4 is 17.3 Å². The van der Waals surface area contributed by atoms with Gasteiger partial charge in [-0.25, -0.2) is 5.21 Å². The highest BCUT2D eigenvalue weighted by Crippen LogP contribution is 2.34. The van der Waals surface area contributed by atoms with Crippen molar-refractivity contribution in [1.82, 2.24) is 0 Å². The van der Waals surface area contributed by atoms with E-state index in [0.29, 0.717) is 5.96 Å². The van der Waals surface area contributed by atoms with Crippen molar-refractivity contribution in [2.24, 2.45) is 16.6 Å². The van der Waals surface area contributed by atoms with Crippen LogP contribution < -0.4 is 16.5 Å². The Bertz CT molecular complexity index is 485. The molecule has 1 aromatic rings. The molecule has 1 aliphatic carbocycles. The van der Waals surface area contributed by atoms with Crippen LogP contribution in [0.25, 0.3) is 0 Å². The molecule has 21 heavy (non-hydrogen) atoms. The lowest BCUT2D eigenvalue weighted by atomic mass is 10.0. The Morgan fingerprint density at radius 2 is 2.00 bits per heavy atom. The Balaban J connectivity index is 0.00000106. The van der Waals surface area contributed by atoms with E-state index in [1.807, 2.05) is 13.8 Å². The Kier molecular flexibility index (Phi) is 7.19. The Morgan fingerprint density at radius 3 is 2.52 bits per heavy atom. The first-order valence-electron chi connectivity index (χ1n) is 7.80. The van der Waals surface area contributed by atoms with E-state index in [0.717, 1.165) is 35.6 Å². The van der Waals surface area contributed by atoms with Crippen LogP contribution in [0, 0.1) is 5.92 Å². The second-order valence-electron chi connectivity index (χ2n) is 5.13. The van der Waals surface area contributed by atoms with Crippen molar-refractivity contribution in [1.29, 1.82) is 0 Å². The topological polar surface area (TPSA) is 87.2 Å². The third kappa shape index (κ3) is 4.44. The summed E-state index contributed by atoms with van der Waals surface area (Å²) in [5, 5.41) is 12.4. The molecule has 2 rings (SSSR count). The second-order valence-corrected chi connectivity index (χ2v) is 5.13. The molecule has 1 aliphatic rings. The normalized spacial score (nSPS) is 17.0. The van der Waals surface area contributed by atoms with Crippen molar-refractivity contribution in [3.05, 3.63) is 23.3 Å². The largest absolute Gasteiger partial charge is 0.370 e. The summed E-state index contributed by atoms with van der Waals surface area (Å²) in [7, 11) is 1.63. The van der Waals surface area contributed by atoms with Gasteiger partial charge in [-0.3, -0.25) is 4.99 Å². The van der Waals surface area contributed by atoms with Crippen molar-refractivity contribution in [2.45, 2.75) is 46.5 Å². The standard InChI is InChI=1S/C14H22N4O.C2H6/c1-3-4-9-5-10-7-12(17-14(15)16-2)13(18-19)8-11(10)6-9;1-2/h7-9,18-19H,3-6H2,1-2H3,(H3,15,16,17);1-2H3/p+1. The van der Waals surface area contributed by atoms with E-state index in [2.05, 4.69) is 29.4 Å². The van der Waals surface area contributed by atoms with Crippen LogP contribution in [0.4, 0.5) is 11.4 Å². The van der Waals surface area contributed by atoms with Crippen molar-refractivity contribution in [3.63, 3.8) is 0 Å². The molecule has 0 aliphatic heterocycles. The number of nitrogens with two attached hydrogens (primary N) is 2. The van der Waals surface area contributed by atoms with Gasteiger partial charge in [-0.05, 0) is 36.0 Å². The van der Waals surface area contributed by atoms with Gasteiger partial charge >= 0.3 is 0 Å².